The predicted octanol–water partition coefficient (Wildman–Crippen LogP) is 1.54. The Hall–Kier alpha value is -2.04. The molecule has 118 valence electrons. The van der Waals surface area contributed by atoms with Crippen LogP contribution in [0.3, 0.4) is 0 Å². The van der Waals surface area contributed by atoms with Crippen LogP contribution in [0.4, 0.5) is 0 Å². The number of carbonyl (C=O) groups is 2. The van der Waals surface area contributed by atoms with E-state index >= 15 is 0 Å². The summed E-state index contributed by atoms with van der Waals surface area (Å²) in [4.78, 5) is 25.8. The van der Waals surface area contributed by atoms with Crippen molar-refractivity contribution in [2.45, 2.75) is 31.7 Å². The second kappa shape index (κ2) is 5.99. The number of hydrogen-bond donors (Lipinski definition) is 1. The van der Waals surface area contributed by atoms with E-state index in [1.165, 1.54) is 0 Å². The van der Waals surface area contributed by atoms with Crippen molar-refractivity contribution in [1.29, 1.82) is 0 Å². The third-order valence-electron chi connectivity index (χ3n) is 4.62. The van der Waals surface area contributed by atoms with E-state index < -0.39 is 0 Å². The molecule has 1 aromatic rings. The maximum atomic E-state index is 12.3. The normalized spacial score (nSPS) is 26.9. The molecule has 2 amide bonds. The van der Waals surface area contributed by atoms with Gasteiger partial charge in [0.05, 0.1) is 13.0 Å². The number of para-hydroxylation sites is 1. The third kappa shape index (κ3) is 2.80. The summed E-state index contributed by atoms with van der Waals surface area (Å²) in [6.45, 7) is 3.17. The molecule has 1 aliphatic carbocycles. The summed E-state index contributed by atoms with van der Waals surface area (Å²) in [6.07, 6.45) is 1.27. The van der Waals surface area contributed by atoms with Gasteiger partial charge in [-0.05, 0) is 25.0 Å². The molecule has 22 heavy (non-hydrogen) atoms. The van der Waals surface area contributed by atoms with E-state index in [9.17, 15) is 9.59 Å². The Morgan fingerprint density at radius 2 is 2.18 bits per heavy atom. The van der Waals surface area contributed by atoms with E-state index in [1.807, 2.05) is 31.2 Å². The smallest absolute Gasteiger partial charge is 0.225 e. The van der Waals surface area contributed by atoms with Crippen molar-refractivity contribution in [1.82, 2.24) is 10.2 Å². The van der Waals surface area contributed by atoms with Crippen molar-refractivity contribution in [2.24, 2.45) is 5.92 Å². The lowest BCUT2D eigenvalue weighted by molar-refractivity contribution is -0.128. The lowest BCUT2D eigenvalue weighted by Crippen LogP contribution is -2.34. The highest BCUT2D eigenvalue weighted by Crippen LogP contribution is 2.44. The molecule has 1 saturated heterocycles. The standard InChI is InChI=1S/C17H22N2O3/c1-3-19-10-11(8-16(19)20)17(21)18-14-9-13(14)12-6-4-5-7-15(12)22-2/h4-7,11,13-14H,3,8-10H2,1-2H3,(H,18,21)/t11-,13-,14-/m1/s1. The van der Waals surface area contributed by atoms with Crippen LogP contribution in [0.25, 0.3) is 0 Å². The maximum absolute atomic E-state index is 12.3. The first kappa shape index (κ1) is 14.9. The minimum Gasteiger partial charge on any atom is -0.496 e. The zero-order valence-corrected chi connectivity index (χ0v) is 13.0. The number of benzene rings is 1. The molecule has 1 N–H and O–H groups in total. The number of hydrogen-bond acceptors (Lipinski definition) is 3. The summed E-state index contributed by atoms with van der Waals surface area (Å²) in [5.74, 6) is 1.08. The molecule has 3 atom stereocenters. The highest BCUT2D eigenvalue weighted by molar-refractivity contribution is 5.89. The second-order valence-corrected chi connectivity index (χ2v) is 6.03. The number of methoxy groups -OCH3 is 1. The van der Waals surface area contributed by atoms with Crippen molar-refractivity contribution in [3.8, 4) is 5.75 Å². The number of rotatable bonds is 5. The summed E-state index contributed by atoms with van der Waals surface area (Å²) in [7, 11) is 1.66. The molecule has 0 unspecified atom stereocenters. The molecular weight excluding hydrogens is 280 g/mol. The molecule has 0 spiro atoms. The lowest BCUT2D eigenvalue weighted by atomic mass is 10.1. The van der Waals surface area contributed by atoms with Crippen LogP contribution in [0.15, 0.2) is 24.3 Å². The first-order chi connectivity index (χ1) is 10.6. The number of nitrogens with zero attached hydrogens (tertiary/aromatic N) is 1. The monoisotopic (exact) mass is 302 g/mol. The lowest BCUT2D eigenvalue weighted by Gasteiger charge is -2.14. The fourth-order valence-electron chi connectivity index (χ4n) is 3.22. The molecule has 1 aromatic carbocycles. The van der Waals surface area contributed by atoms with Gasteiger partial charge in [0, 0.05) is 31.5 Å². The Labute approximate surface area is 130 Å². The first-order valence-electron chi connectivity index (χ1n) is 7.85. The molecule has 3 rings (SSSR count). The van der Waals surface area contributed by atoms with Crippen LogP contribution in [0.2, 0.25) is 0 Å². The molecule has 2 fully saturated rings. The number of ether oxygens (including phenoxy) is 1. The molecule has 1 heterocycles. The average Bonchev–Trinajstić information content (AvgIpc) is 3.19. The van der Waals surface area contributed by atoms with Crippen LogP contribution in [0.1, 0.15) is 31.2 Å². The largest absolute Gasteiger partial charge is 0.496 e. The minimum absolute atomic E-state index is 0.00620. The molecule has 0 radical (unpaired) electrons. The molecule has 5 heteroatoms. The van der Waals surface area contributed by atoms with E-state index in [2.05, 4.69) is 5.32 Å². The number of likely N-dealkylation sites (tertiary alicyclic amines) is 1. The Balaban J connectivity index is 1.58. The van der Waals surface area contributed by atoms with Crippen LogP contribution in [-0.2, 0) is 9.59 Å². The van der Waals surface area contributed by atoms with Crippen molar-refractivity contribution >= 4 is 11.8 Å². The SMILES string of the molecule is CCN1C[C@H](C(=O)N[C@@H]2C[C@@H]2c2ccccc2OC)CC1=O. The third-order valence-corrected chi connectivity index (χ3v) is 4.62. The van der Waals surface area contributed by atoms with Crippen LogP contribution in [0, 0.1) is 5.92 Å². The maximum Gasteiger partial charge on any atom is 0.225 e. The van der Waals surface area contributed by atoms with Crippen LogP contribution < -0.4 is 10.1 Å². The van der Waals surface area contributed by atoms with Crippen molar-refractivity contribution in [2.75, 3.05) is 20.2 Å². The van der Waals surface area contributed by atoms with Crippen molar-refractivity contribution in [3.63, 3.8) is 0 Å². The van der Waals surface area contributed by atoms with Crippen LogP contribution in [-0.4, -0.2) is 43.0 Å². The highest BCUT2D eigenvalue weighted by atomic mass is 16.5. The van der Waals surface area contributed by atoms with Gasteiger partial charge in [0.2, 0.25) is 11.8 Å². The quantitative estimate of drug-likeness (QED) is 0.897. The predicted molar refractivity (Wildman–Crippen MR) is 82.6 cm³/mol. The van der Waals surface area contributed by atoms with Gasteiger partial charge < -0.3 is 15.0 Å². The molecular formula is C17H22N2O3. The number of amides is 2. The Morgan fingerprint density at radius 3 is 2.86 bits per heavy atom. The van der Waals surface area contributed by atoms with Gasteiger partial charge in [-0.1, -0.05) is 18.2 Å². The minimum atomic E-state index is -0.202. The van der Waals surface area contributed by atoms with Gasteiger partial charge in [-0.3, -0.25) is 9.59 Å². The van der Waals surface area contributed by atoms with Crippen molar-refractivity contribution < 1.29 is 14.3 Å². The van der Waals surface area contributed by atoms with Gasteiger partial charge in [0.15, 0.2) is 0 Å². The second-order valence-electron chi connectivity index (χ2n) is 6.03. The van der Waals surface area contributed by atoms with Gasteiger partial charge in [0.25, 0.3) is 0 Å². The molecule has 2 aliphatic rings. The summed E-state index contributed by atoms with van der Waals surface area (Å²) in [5, 5.41) is 3.09. The Kier molecular flexibility index (Phi) is 4.05. The topological polar surface area (TPSA) is 58.6 Å². The first-order valence-corrected chi connectivity index (χ1v) is 7.85. The zero-order chi connectivity index (χ0) is 15.7. The fourth-order valence-corrected chi connectivity index (χ4v) is 3.22. The number of nitrogens with one attached hydrogen (secondary N) is 1. The van der Waals surface area contributed by atoms with E-state index in [4.69, 9.17) is 4.74 Å². The fraction of sp³-hybridized carbons (Fsp3) is 0.529. The molecule has 0 aromatic heterocycles. The van der Waals surface area contributed by atoms with Gasteiger partial charge in [0.1, 0.15) is 5.75 Å². The number of carbonyl (C=O) groups excluding carboxylic acids is 2. The van der Waals surface area contributed by atoms with Crippen LogP contribution >= 0.6 is 0 Å². The average molecular weight is 302 g/mol. The van der Waals surface area contributed by atoms with E-state index in [0.717, 1.165) is 17.7 Å². The van der Waals surface area contributed by atoms with Crippen molar-refractivity contribution in [3.05, 3.63) is 29.8 Å². The van der Waals surface area contributed by atoms with Crippen LogP contribution in [0.5, 0.6) is 5.75 Å². The molecule has 1 aliphatic heterocycles. The van der Waals surface area contributed by atoms with E-state index in [1.54, 1.807) is 12.0 Å². The van der Waals surface area contributed by atoms with Gasteiger partial charge >= 0.3 is 0 Å². The van der Waals surface area contributed by atoms with Gasteiger partial charge in [-0.25, -0.2) is 0 Å². The zero-order valence-electron chi connectivity index (χ0n) is 13.0. The Morgan fingerprint density at radius 1 is 1.41 bits per heavy atom. The summed E-state index contributed by atoms with van der Waals surface area (Å²) < 4.78 is 5.38. The van der Waals surface area contributed by atoms with Gasteiger partial charge in [-0.15, -0.1) is 0 Å². The summed E-state index contributed by atoms with van der Waals surface area (Å²) >= 11 is 0. The highest BCUT2D eigenvalue weighted by Gasteiger charge is 2.43. The summed E-state index contributed by atoms with van der Waals surface area (Å²) in [6, 6.07) is 8.09. The molecule has 1 saturated carbocycles. The van der Waals surface area contributed by atoms with E-state index in [-0.39, 0.29) is 23.8 Å². The molecule has 5 nitrogen and oxygen atoms in total. The summed E-state index contributed by atoms with van der Waals surface area (Å²) in [5.41, 5.74) is 1.15. The van der Waals surface area contributed by atoms with E-state index in [0.29, 0.717) is 25.4 Å². The Bertz CT molecular complexity index is 587. The van der Waals surface area contributed by atoms with Gasteiger partial charge in [-0.2, -0.15) is 0 Å². The molecule has 0 bridgehead atoms.